The monoisotopic (exact) mass is 450 g/mol. The van der Waals surface area contributed by atoms with E-state index in [1.54, 1.807) is 31.4 Å². The lowest BCUT2D eigenvalue weighted by Crippen LogP contribution is -2.36. The largest absolute Gasteiger partial charge is 0.497 e. The van der Waals surface area contributed by atoms with E-state index in [0.29, 0.717) is 22.3 Å². The lowest BCUT2D eigenvalue weighted by atomic mass is 9.92. The van der Waals surface area contributed by atoms with Crippen LogP contribution in [0.15, 0.2) is 64.5 Å². The zero-order chi connectivity index (χ0) is 22.5. The van der Waals surface area contributed by atoms with Gasteiger partial charge in [-0.3, -0.25) is 14.4 Å². The fraction of sp³-hybridized carbons (Fsp3) is 0.217. The quantitative estimate of drug-likeness (QED) is 0.376. The lowest BCUT2D eigenvalue weighted by Gasteiger charge is -2.23. The van der Waals surface area contributed by atoms with Gasteiger partial charge in [-0.1, -0.05) is 42.1 Å². The van der Waals surface area contributed by atoms with Crippen LogP contribution in [-0.4, -0.2) is 34.6 Å². The van der Waals surface area contributed by atoms with Crippen LogP contribution in [0.2, 0.25) is 0 Å². The van der Waals surface area contributed by atoms with Crippen molar-refractivity contribution in [1.29, 1.82) is 0 Å². The number of nitrogens with zero attached hydrogens (tertiary/aromatic N) is 1. The molecule has 0 aliphatic carbocycles. The molecule has 1 aliphatic rings. The number of nitrogens with one attached hydrogen (secondary N) is 3. The van der Waals surface area contributed by atoms with Crippen LogP contribution in [0.3, 0.4) is 0 Å². The van der Waals surface area contributed by atoms with Crippen LogP contribution < -0.4 is 20.9 Å². The number of benzene rings is 2. The SMILES string of the molecule is COc1ccc(NC(=O)C2CC(=O)Nc3nc(SCCc4ccccc4)[nH]c(=O)c32)cc1. The Balaban J connectivity index is 1.50. The van der Waals surface area contributed by atoms with E-state index in [0.717, 1.165) is 6.42 Å². The summed E-state index contributed by atoms with van der Waals surface area (Å²) in [4.78, 5) is 45.1. The number of rotatable bonds is 7. The van der Waals surface area contributed by atoms with Gasteiger partial charge in [0.25, 0.3) is 5.56 Å². The number of fused-ring (bicyclic) bond motifs is 1. The Hall–Kier alpha value is -3.59. The Bertz CT molecular complexity index is 1180. The average molecular weight is 451 g/mol. The second-order valence-corrected chi connectivity index (χ2v) is 8.32. The van der Waals surface area contributed by atoms with E-state index in [-0.39, 0.29) is 23.7 Å². The summed E-state index contributed by atoms with van der Waals surface area (Å²) >= 11 is 1.39. The Morgan fingerprint density at radius 3 is 2.62 bits per heavy atom. The molecule has 1 unspecified atom stereocenters. The number of hydrogen-bond donors (Lipinski definition) is 3. The van der Waals surface area contributed by atoms with Gasteiger partial charge in [-0.2, -0.15) is 0 Å². The van der Waals surface area contributed by atoms with Gasteiger partial charge in [-0.25, -0.2) is 4.98 Å². The highest BCUT2D eigenvalue weighted by Crippen LogP contribution is 2.30. The third kappa shape index (κ3) is 5.00. The molecule has 0 saturated heterocycles. The lowest BCUT2D eigenvalue weighted by molar-refractivity contribution is -0.123. The molecule has 3 aromatic rings. The predicted molar refractivity (Wildman–Crippen MR) is 123 cm³/mol. The number of amides is 2. The second-order valence-electron chi connectivity index (χ2n) is 7.24. The maximum atomic E-state index is 12.9. The first kappa shape index (κ1) is 21.6. The molecule has 0 bridgehead atoms. The average Bonchev–Trinajstić information content (AvgIpc) is 2.79. The third-order valence-corrected chi connectivity index (χ3v) is 5.95. The number of aromatic nitrogens is 2. The number of hydrogen-bond acceptors (Lipinski definition) is 6. The number of aromatic amines is 1. The van der Waals surface area contributed by atoms with Crippen LogP contribution in [0.4, 0.5) is 11.5 Å². The maximum Gasteiger partial charge on any atom is 0.257 e. The normalized spacial score (nSPS) is 14.9. The van der Waals surface area contributed by atoms with Crippen LogP contribution in [0.5, 0.6) is 5.75 Å². The highest BCUT2D eigenvalue weighted by Gasteiger charge is 2.34. The van der Waals surface area contributed by atoms with Crippen LogP contribution in [0.1, 0.15) is 23.5 Å². The minimum absolute atomic E-state index is 0.125. The molecule has 2 aromatic carbocycles. The van der Waals surface area contributed by atoms with E-state index in [4.69, 9.17) is 4.74 Å². The number of methoxy groups -OCH3 is 1. The molecule has 0 spiro atoms. The Kier molecular flexibility index (Phi) is 6.55. The smallest absolute Gasteiger partial charge is 0.257 e. The van der Waals surface area contributed by atoms with Gasteiger partial charge < -0.3 is 20.4 Å². The summed E-state index contributed by atoms with van der Waals surface area (Å²) in [6.07, 6.45) is 0.686. The summed E-state index contributed by atoms with van der Waals surface area (Å²) < 4.78 is 5.11. The molecule has 0 radical (unpaired) electrons. The molecule has 9 heteroatoms. The number of aryl methyl sites for hydroxylation is 1. The molecule has 2 heterocycles. The van der Waals surface area contributed by atoms with Crippen LogP contribution in [0.25, 0.3) is 0 Å². The van der Waals surface area contributed by atoms with Crippen molar-refractivity contribution in [2.75, 3.05) is 23.5 Å². The minimum Gasteiger partial charge on any atom is -0.497 e. The molecular formula is C23H22N4O4S. The topological polar surface area (TPSA) is 113 Å². The second kappa shape index (κ2) is 9.69. The number of carbonyl (C=O) groups is 2. The summed E-state index contributed by atoms with van der Waals surface area (Å²) in [6, 6.07) is 16.8. The van der Waals surface area contributed by atoms with E-state index in [2.05, 4.69) is 20.6 Å². The van der Waals surface area contributed by atoms with Crippen molar-refractivity contribution in [3.63, 3.8) is 0 Å². The first-order chi connectivity index (χ1) is 15.5. The van der Waals surface area contributed by atoms with Crippen molar-refractivity contribution in [2.45, 2.75) is 23.9 Å². The Morgan fingerprint density at radius 1 is 1.16 bits per heavy atom. The van der Waals surface area contributed by atoms with Gasteiger partial charge in [0.2, 0.25) is 11.8 Å². The van der Waals surface area contributed by atoms with E-state index in [1.807, 2.05) is 30.3 Å². The molecule has 4 rings (SSSR count). The zero-order valence-corrected chi connectivity index (χ0v) is 18.2. The molecular weight excluding hydrogens is 428 g/mol. The molecule has 1 aliphatic heterocycles. The summed E-state index contributed by atoms with van der Waals surface area (Å²) in [5.74, 6) is -0.221. The van der Waals surface area contributed by atoms with Crippen molar-refractivity contribution >= 4 is 35.1 Å². The molecule has 164 valence electrons. The van der Waals surface area contributed by atoms with Crippen molar-refractivity contribution in [3.8, 4) is 5.75 Å². The van der Waals surface area contributed by atoms with Crippen LogP contribution in [0, 0.1) is 0 Å². The number of ether oxygens (including phenoxy) is 1. The summed E-state index contributed by atoms with van der Waals surface area (Å²) in [5, 5.41) is 5.80. The summed E-state index contributed by atoms with van der Waals surface area (Å²) in [5.41, 5.74) is 1.47. The van der Waals surface area contributed by atoms with Crippen molar-refractivity contribution in [3.05, 3.63) is 76.1 Å². The summed E-state index contributed by atoms with van der Waals surface area (Å²) in [7, 11) is 1.55. The van der Waals surface area contributed by atoms with Gasteiger partial charge in [0.15, 0.2) is 5.16 Å². The number of carbonyl (C=O) groups excluding carboxylic acids is 2. The van der Waals surface area contributed by atoms with Crippen LogP contribution >= 0.6 is 11.8 Å². The molecule has 2 amide bonds. The van der Waals surface area contributed by atoms with Crippen molar-refractivity contribution in [1.82, 2.24) is 9.97 Å². The molecule has 0 saturated carbocycles. The predicted octanol–water partition coefficient (Wildman–Crippen LogP) is 3.18. The van der Waals surface area contributed by atoms with Gasteiger partial charge in [-0.05, 0) is 36.2 Å². The molecule has 1 atom stereocenters. The van der Waals surface area contributed by atoms with Crippen molar-refractivity contribution in [2.24, 2.45) is 0 Å². The minimum atomic E-state index is -0.930. The number of H-pyrrole nitrogens is 1. The molecule has 8 nitrogen and oxygen atoms in total. The Labute approximate surface area is 188 Å². The third-order valence-electron chi connectivity index (χ3n) is 5.08. The molecule has 0 fully saturated rings. The van der Waals surface area contributed by atoms with E-state index in [9.17, 15) is 14.4 Å². The Morgan fingerprint density at radius 2 is 1.91 bits per heavy atom. The molecule has 3 N–H and O–H groups in total. The van der Waals surface area contributed by atoms with Gasteiger partial charge in [0.1, 0.15) is 11.6 Å². The van der Waals surface area contributed by atoms with Crippen LogP contribution in [-0.2, 0) is 16.0 Å². The highest BCUT2D eigenvalue weighted by molar-refractivity contribution is 7.99. The maximum absolute atomic E-state index is 12.9. The van der Waals surface area contributed by atoms with Gasteiger partial charge in [0, 0.05) is 17.9 Å². The van der Waals surface area contributed by atoms with Gasteiger partial charge >= 0.3 is 0 Å². The first-order valence-electron chi connectivity index (χ1n) is 10.1. The van der Waals surface area contributed by atoms with Crippen molar-refractivity contribution < 1.29 is 14.3 Å². The highest BCUT2D eigenvalue weighted by atomic mass is 32.2. The van der Waals surface area contributed by atoms with E-state index in [1.165, 1.54) is 17.3 Å². The first-order valence-corrected chi connectivity index (χ1v) is 11.1. The fourth-order valence-corrected chi connectivity index (χ4v) is 4.31. The number of anilines is 2. The van der Waals surface area contributed by atoms with E-state index < -0.39 is 17.4 Å². The number of thioether (sulfide) groups is 1. The standard InChI is InChI=1S/C23H22N4O4S/c1-31-16-9-7-15(8-10-16)24-21(29)17-13-18(28)25-20-19(17)22(30)27-23(26-20)32-12-11-14-5-3-2-4-6-14/h2-10,17H,11-13H2,1H3,(H,24,29)(H2,25,26,27,28,30). The fourth-order valence-electron chi connectivity index (χ4n) is 3.46. The molecule has 32 heavy (non-hydrogen) atoms. The van der Waals surface area contributed by atoms with Gasteiger partial charge in [-0.15, -0.1) is 0 Å². The summed E-state index contributed by atoms with van der Waals surface area (Å²) in [6.45, 7) is 0. The zero-order valence-electron chi connectivity index (χ0n) is 17.4. The van der Waals surface area contributed by atoms with Gasteiger partial charge in [0.05, 0.1) is 18.6 Å². The molecule has 1 aromatic heterocycles. The van der Waals surface area contributed by atoms with E-state index >= 15 is 0 Å².